The van der Waals surface area contributed by atoms with Gasteiger partial charge >= 0.3 is 0 Å². The van der Waals surface area contributed by atoms with Crippen LogP contribution in [0.5, 0.6) is 11.5 Å². The Morgan fingerprint density at radius 2 is 2.03 bits per heavy atom. The molecule has 0 radical (unpaired) electrons. The predicted octanol–water partition coefficient (Wildman–Crippen LogP) is 3.05. The molecule has 0 spiro atoms. The molecule has 4 rings (SSSR count). The van der Waals surface area contributed by atoms with E-state index in [1.54, 1.807) is 37.1 Å². The molecule has 0 unspecified atom stereocenters. The minimum Gasteiger partial charge on any atom is -0.497 e. The van der Waals surface area contributed by atoms with Gasteiger partial charge in [-0.05, 0) is 24.3 Å². The fraction of sp³-hybridized carbons (Fsp3) is 0.273. The SMILES string of the molecule is COc1ccc(OC)c(NC(=O)[C@H]2CC(=O)N(c3cccc(-c4noc(C)n4)c3)C2)c1. The van der Waals surface area contributed by atoms with Crippen LogP contribution in [0.15, 0.2) is 47.0 Å². The maximum Gasteiger partial charge on any atom is 0.229 e. The van der Waals surface area contributed by atoms with Gasteiger partial charge in [0.15, 0.2) is 0 Å². The number of benzene rings is 2. The first-order chi connectivity index (χ1) is 15.0. The zero-order valence-electron chi connectivity index (χ0n) is 17.4. The van der Waals surface area contributed by atoms with E-state index in [0.29, 0.717) is 34.6 Å². The van der Waals surface area contributed by atoms with Crippen molar-refractivity contribution in [3.63, 3.8) is 0 Å². The van der Waals surface area contributed by atoms with Crippen LogP contribution in [0.25, 0.3) is 11.4 Å². The summed E-state index contributed by atoms with van der Waals surface area (Å²) < 4.78 is 15.6. The Labute approximate surface area is 179 Å². The molecule has 2 amide bonds. The summed E-state index contributed by atoms with van der Waals surface area (Å²) in [5.74, 6) is 1.13. The number of ether oxygens (including phenoxy) is 2. The van der Waals surface area contributed by atoms with Crippen LogP contribution in [0.3, 0.4) is 0 Å². The zero-order valence-corrected chi connectivity index (χ0v) is 17.4. The molecule has 2 heterocycles. The number of aromatic nitrogens is 2. The lowest BCUT2D eigenvalue weighted by Crippen LogP contribution is -2.28. The summed E-state index contributed by atoms with van der Waals surface area (Å²) in [6, 6.07) is 12.4. The maximum atomic E-state index is 12.9. The Hall–Kier alpha value is -3.88. The molecule has 1 atom stereocenters. The summed E-state index contributed by atoms with van der Waals surface area (Å²) in [5.41, 5.74) is 1.91. The van der Waals surface area contributed by atoms with E-state index in [4.69, 9.17) is 14.0 Å². The summed E-state index contributed by atoms with van der Waals surface area (Å²) in [5, 5.41) is 6.77. The molecular weight excluding hydrogens is 400 g/mol. The smallest absolute Gasteiger partial charge is 0.229 e. The molecule has 2 aromatic carbocycles. The van der Waals surface area contributed by atoms with Crippen molar-refractivity contribution in [1.29, 1.82) is 0 Å². The molecule has 1 aliphatic rings. The standard InChI is InChI=1S/C22H22N4O5/c1-13-23-21(25-31-13)14-5-4-6-16(9-14)26-12-15(10-20(26)27)22(28)24-18-11-17(29-2)7-8-19(18)30-3/h4-9,11,15H,10,12H2,1-3H3,(H,24,28)/t15-/m0/s1. The second kappa shape index (κ2) is 8.47. The van der Waals surface area contributed by atoms with Gasteiger partial charge < -0.3 is 24.2 Å². The number of carbonyl (C=O) groups excluding carboxylic acids is 2. The van der Waals surface area contributed by atoms with Crippen LogP contribution in [0.4, 0.5) is 11.4 Å². The fourth-order valence-electron chi connectivity index (χ4n) is 3.51. The Balaban J connectivity index is 1.50. The second-order valence-corrected chi connectivity index (χ2v) is 7.15. The summed E-state index contributed by atoms with van der Waals surface area (Å²) in [6.45, 7) is 1.98. The lowest BCUT2D eigenvalue weighted by molar-refractivity contribution is -0.122. The fourth-order valence-corrected chi connectivity index (χ4v) is 3.51. The highest BCUT2D eigenvalue weighted by molar-refractivity contribution is 6.04. The van der Waals surface area contributed by atoms with Gasteiger partial charge in [-0.3, -0.25) is 9.59 Å². The quantitative estimate of drug-likeness (QED) is 0.651. The van der Waals surface area contributed by atoms with Crippen molar-refractivity contribution >= 4 is 23.2 Å². The highest BCUT2D eigenvalue weighted by atomic mass is 16.5. The van der Waals surface area contributed by atoms with Gasteiger partial charge in [0.05, 0.1) is 25.8 Å². The van der Waals surface area contributed by atoms with Crippen molar-refractivity contribution in [2.75, 3.05) is 31.0 Å². The van der Waals surface area contributed by atoms with E-state index < -0.39 is 5.92 Å². The van der Waals surface area contributed by atoms with Crippen LogP contribution in [-0.2, 0) is 9.59 Å². The first-order valence-corrected chi connectivity index (χ1v) is 9.72. The lowest BCUT2D eigenvalue weighted by atomic mass is 10.1. The van der Waals surface area contributed by atoms with Crippen LogP contribution in [0, 0.1) is 12.8 Å². The third kappa shape index (κ3) is 4.20. The van der Waals surface area contributed by atoms with Crippen molar-refractivity contribution in [3.8, 4) is 22.9 Å². The number of nitrogens with zero attached hydrogens (tertiary/aromatic N) is 3. The number of amides is 2. The van der Waals surface area contributed by atoms with Gasteiger partial charge in [0, 0.05) is 37.2 Å². The third-order valence-electron chi connectivity index (χ3n) is 5.10. The van der Waals surface area contributed by atoms with E-state index >= 15 is 0 Å². The van der Waals surface area contributed by atoms with Gasteiger partial charge in [0.1, 0.15) is 11.5 Å². The van der Waals surface area contributed by atoms with Crippen molar-refractivity contribution in [3.05, 3.63) is 48.4 Å². The second-order valence-electron chi connectivity index (χ2n) is 7.15. The topological polar surface area (TPSA) is 107 Å². The largest absolute Gasteiger partial charge is 0.497 e. The average molecular weight is 422 g/mol. The Kier molecular flexibility index (Phi) is 5.57. The number of methoxy groups -OCH3 is 2. The monoisotopic (exact) mass is 422 g/mol. The number of hydrogen-bond donors (Lipinski definition) is 1. The number of aryl methyl sites for hydroxylation is 1. The molecule has 0 saturated carbocycles. The van der Waals surface area contributed by atoms with Gasteiger partial charge in [-0.25, -0.2) is 0 Å². The van der Waals surface area contributed by atoms with Crippen LogP contribution >= 0.6 is 0 Å². The number of anilines is 2. The highest BCUT2D eigenvalue weighted by Crippen LogP contribution is 2.32. The van der Waals surface area contributed by atoms with Crippen LogP contribution in [-0.4, -0.2) is 42.7 Å². The average Bonchev–Trinajstić information content (AvgIpc) is 3.39. The molecule has 3 aromatic rings. The Bertz CT molecular complexity index is 1130. The van der Waals surface area contributed by atoms with Crippen LogP contribution < -0.4 is 19.7 Å². The Morgan fingerprint density at radius 1 is 1.19 bits per heavy atom. The summed E-state index contributed by atoms with van der Waals surface area (Å²) in [4.78, 5) is 31.4. The van der Waals surface area contributed by atoms with E-state index in [1.807, 2.05) is 24.3 Å². The third-order valence-corrected chi connectivity index (χ3v) is 5.10. The number of nitrogens with one attached hydrogen (secondary N) is 1. The van der Waals surface area contributed by atoms with Crippen LogP contribution in [0.2, 0.25) is 0 Å². The molecule has 1 N–H and O–H groups in total. The molecular formula is C22H22N4O5. The minimum absolute atomic E-state index is 0.115. The summed E-state index contributed by atoms with van der Waals surface area (Å²) in [6.07, 6.45) is 0.115. The van der Waals surface area contributed by atoms with E-state index in [9.17, 15) is 9.59 Å². The molecule has 0 aliphatic carbocycles. The number of rotatable bonds is 6. The van der Waals surface area contributed by atoms with Crippen molar-refractivity contribution in [2.45, 2.75) is 13.3 Å². The van der Waals surface area contributed by atoms with E-state index in [1.165, 1.54) is 7.11 Å². The number of carbonyl (C=O) groups is 2. The molecule has 1 aromatic heterocycles. The zero-order chi connectivity index (χ0) is 22.0. The van der Waals surface area contributed by atoms with Crippen molar-refractivity contribution in [2.24, 2.45) is 5.92 Å². The normalized spacial score (nSPS) is 15.8. The minimum atomic E-state index is -0.500. The van der Waals surface area contributed by atoms with Crippen molar-refractivity contribution in [1.82, 2.24) is 10.1 Å². The van der Waals surface area contributed by atoms with Gasteiger partial charge in [-0.2, -0.15) is 4.98 Å². The molecule has 160 valence electrons. The number of hydrogen-bond acceptors (Lipinski definition) is 7. The van der Waals surface area contributed by atoms with Gasteiger partial charge in [-0.1, -0.05) is 17.3 Å². The molecule has 1 saturated heterocycles. The van der Waals surface area contributed by atoms with Gasteiger partial charge in [0.2, 0.25) is 23.5 Å². The Morgan fingerprint density at radius 3 is 2.74 bits per heavy atom. The summed E-state index contributed by atoms with van der Waals surface area (Å²) in [7, 11) is 3.07. The maximum absolute atomic E-state index is 12.9. The predicted molar refractivity (Wildman–Crippen MR) is 113 cm³/mol. The lowest BCUT2D eigenvalue weighted by Gasteiger charge is -2.18. The highest BCUT2D eigenvalue weighted by Gasteiger charge is 2.35. The molecule has 9 nitrogen and oxygen atoms in total. The van der Waals surface area contributed by atoms with E-state index in [0.717, 1.165) is 5.56 Å². The first-order valence-electron chi connectivity index (χ1n) is 9.72. The van der Waals surface area contributed by atoms with E-state index in [-0.39, 0.29) is 24.8 Å². The summed E-state index contributed by atoms with van der Waals surface area (Å²) >= 11 is 0. The van der Waals surface area contributed by atoms with Gasteiger partial charge in [0.25, 0.3) is 0 Å². The molecule has 31 heavy (non-hydrogen) atoms. The van der Waals surface area contributed by atoms with Gasteiger partial charge in [-0.15, -0.1) is 0 Å². The first kappa shape index (κ1) is 20.4. The molecule has 1 fully saturated rings. The molecule has 9 heteroatoms. The molecule has 0 bridgehead atoms. The molecule has 1 aliphatic heterocycles. The van der Waals surface area contributed by atoms with E-state index in [2.05, 4.69) is 15.5 Å². The van der Waals surface area contributed by atoms with Crippen molar-refractivity contribution < 1.29 is 23.6 Å². The van der Waals surface area contributed by atoms with Crippen LogP contribution in [0.1, 0.15) is 12.3 Å².